The second kappa shape index (κ2) is 9.04. The molecule has 4 heteroatoms. The topological polar surface area (TPSA) is 30.3 Å². The molecule has 0 unspecified atom stereocenters. The third-order valence-corrected chi connectivity index (χ3v) is 4.93. The van der Waals surface area contributed by atoms with Crippen LogP contribution in [-0.4, -0.2) is 40.7 Å². The smallest absolute Gasteiger partial charge is 0.119 e. The van der Waals surface area contributed by atoms with Crippen molar-refractivity contribution in [3.05, 3.63) is 36.3 Å². The number of ether oxygens (including phenoxy) is 1. The van der Waals surface area contributed by atoms with Crippen molar-refractivity contribution in [2.24, 2.45) is 0 Å². The van der Waals surface area contributed by atoms with Crippen molar-refractivity contribution in [1.29, 1.82) is 0 Å². The second-order valence-corrected chi connectivity index (χ2v) is 6.85. The number of nitrogens with zero attached hydrogens (tertiary/aromatic N) is 3. The molecule has 0 aliphatic carbocycles. The van der Waals surface area contributed by atoms with E-state index >= 15 is 0 Å². The Bertz CT molecular complexity index is 624. The van der Waals surface area contributed by atoms with Crippen LogP contribution in [0.2, 0.25) is 0 Å². The first kappa shape index (κ1) is 18.0. The lowest BCUT2D eigenvalue weighted by molar-refractivity contribution is 0.242. The Kier molecular flexibility index (Phi) is 6.51. The molecule has 0 radical (unpaired) electrons. The van der Waals surface area contributed by atoms with Crippen molar-refractivity contribution in [3.8, 4) is 17.0 Å². The Balaban J connectivity index is 1.50. The van der Waals surface area contributed by atoms with Crippen LogP contribution in [0.15, 0.2) is 30.5 Å². The first-order chi connectivity index (χ1) is 12.3. The maximum absolute atomic E-state index is 5.90. The summed E-state index contributed by atoms with van der Waals surface area (Å²) in [5, 5.41) is 0. The zero-order valence-corrected chi connectivity index (χ0v) is 15.7. The summed E-state index contributed by atoms with van der Waals surface area (Å²) < 4.78 is 8.20. The predicted octanol–water partition coefficient (Wildman–Crippen LogP) is 4.39. The van der Waals surface area contributed by atoms with E-state index < -0.39 is 0 Å². The van der Waals surface area contributed by atoms with Crippen molar-refractivity contribution in [2.75, 3.05) is 26.2 Å². The number of benzene rings is 1. The molecule has 1 aliphatic heterocycles. The van der Waals surface area contributed by atoms with Gasteiger partial charge in [0, 0.05) is 31.3 Å². The molecule has 25 heavy (non-hydrogen) atoms. The highest BCUT2D eigenvalue weighted by molar-refractivity contribution is 5.59. The molecule has 4 nitrogen and oxygen atoms in total. The number of rotatable bonds is 9. The largest absolute Gasteiger partial charge is 0.494 e. The Hall–Kier alpha value is -1.81. The number of hydrogen-bond donors (Lipinski definition) is 0. The van der Waals surface area contributed by atoms with Crippen molar-refractivity contribution >= 4 is 0 Å². The summed E-state index contributed by atoms with van der Waals surface area (Å²) in [5.41, 5.74) is 2.26. The van der Waals surface area contributed by atoms with Crippen molar-refractivity contribution in [1.82, 2.24) is 14.5 Å². The molecule has 0 atom stereocenters. The predicted molar refractivity (Wildman–Crippen MR) is 103 cm³/mol. The SMILES string of the molecule is CCCN(CC)CCCOc1ccc(-c2cn3c(n2)CCCC3)cc1. The fourth-order valence-electron chi connectivity index (χ4n) is 3.50. The van der Waals surface area contributed by atoms with Gasteiger partial charge in [0.25, 0.3) is 0 Å². The van der Waals surface area contributed by atoms with E-state index in [1.807, 2.05) is 0 Å². The summed E-state index contributed by atoms with van der Waals surface area (Å²) in [4.78, 5) is 7.27. The van der Waals surface area contributed by atoms with Gasteiger partial charge in [0.2, 0.25) is 0 Å². The molecule has 1 aliphatic rings. The van der Waals surface area contributed by atoms with E-state index in [4.69, 9.17) is 9.72 Å². The summed E-state index contributed by atoms with van der Waals surface area (Å²) in [6.07, 6.45) is 8.11. The van der Waals surface area contributed by atoms with E-state index in [9.17, 15) is 0 Å². The summed E-state index contributed by atoms with van der Waals surface area (Å²) in [7, 11) is 0. The van der Waals surface area contributed by atoms with Crippen molar-refractivity contribution in [3.63, 3.8) is 0 Å². The van der Waals surface area contributed by atoms with Gasteiger partial charge in [-0.2, -0.15) is 0 Å². The molecule has 0 amide bonds. The monoisotopic (exact) mass is 341 g/mol. The molecular weight excluding hydrogens is 310 g/mol. The zero-order valence-electron chi connectivity index (χ0n) is 15.7. The van der Waals surface area contributed by atoms with Gasteiger partial charge in [-0.15, -0.1) is 0 Å². The third kappa shape index (κ3) is 4.85. The van der Waals surface area contributed by atoms with Gasteiger partial charge in [-0.1, -0.05) is 13.8 Å². The lowest BCUT2D eigenvalue weighted by atomic mass is 10.1. The molecule has 0 bridgehead atoms. The average Bonchev–Trinajstić information content (AvgIpc) is 3.09. The van der Waals surface area contributed by atoms with Gasteiger partial charge in [0.15, 0.2) is 0 Å². The fraction of sp³-hybridized carbons (Fsp3) is 0.571. The molecule has 2 heterocycles. The van der Waals surface area contributed by atoms with Crippen LogP contribution in [0.4, 0.5) is 0 Å². The molecule has 0 saturated carbocycles. The second-order valence-electron chi connectivity index (χ2n) is 6.85. The summed E-state index contributed by atoms with van der Waals surface area (Å²) in [5.74, 6) is 2.18. The number of aromatic nitrogens is 2. The van der Waals surface area contributed by atoms with Crippen LogP contribution in [0.1, 0.15) is 45.4 Å². The Labute approximate surface area is 151 Å². The number of fused-ring (bicyclic) bond motifs is 1. The highest BCUT2D eigenvalue weighted by Gasteiger charge is 2.13. The van der Waals surface area contributed by atoms with Crippen molar-refractivity contribution < 1.29 is 4.74 Å². The maximum Gasteiger partial charge on any atom is 0.119 e. The molecule has 0 spiro atoms. The van der Waals surface area contributed by atoms with Gasteiger partial charge >= 0.3 is 0 Å². The number of hydrogen-bond acceptors (Lipinski definition) is 3. The molecule has 2 aromatic rings. The van der Waals surface area contributed by atoms with Crippen LogP contribution in [0.3, 0.4) is 0 Å². The minimum atomic E-state index is 0.776. The van der Waals surface area contributed by atoms with Crippen LogP contribution in [0.5, 0.6) is 5.75 Å². The van der Waals surface area contributed by atoms with Crippen LogP contribution in [0.25, 0.3) is 11.3 Å². The van der Waals surface area contributed by atoms with Gasteiger partial charge in [0.1, 0.15) is 11.6 Å². The van der Waals surface area contributed by atoms with E-state index in [1.165, 1.54) is 37.2 Å². The first-order valence-corrected chi connectivity index (χ1v) is 9.81. The molecule has 1 aromatic carbocycles. The van der Waals surface area contributed by atoms with Gasteiger partial charge < -0.3 is 14.2 Å². The first-order valence-electron chi connectivity index (χ1n) is 9.81. The molecule has 1 aromatic heterocycles. The molecule has 0 N–H and O–H groups in total. The number of imidazole rings is 1. The van der Waals surface area contributed by atoms with Crippen LogP contribution in [0, 0.1) is 0 Å². The fourth-order valence-corrected chi connectivity index (χ4v) is 3.50. The molecule has 0 fully saturated rings. The standard InChI is InChI=1S/C21H31N3O/c1-3-13-23(4-2)14-7-16-25-19-11-9-18(10-12-19)20-17-24-15-6-5-8-21(24)22-20/h9-12,17H,3-8,13-16H2,1-2H3. The highest BCUT2D eigenvalue weighted by atomic mass is 16.5. The molecule has 0 saturated heterocycles. The molecule has 136 valence electrons. The molecular formula is C21H31N3O. The van der Waals surface area contributed by atoms with Gasteiger partial charge in [-0.05, 0) is 63.0 Å². The summed E-state index contributed by atoms with van der Waals surface area (Å²) in [6.45, 7) is 9.76. The van der Waals surface area contributed by atoms with E-state index in [0.717, 1.165) is 50.5 Å². The summed E-state index contributed by atoms with van der Waals surface area (Å²) in [6, 6.07) is 8.38. The highest BCUT2D eigenvalue weighted by Crippen LogP contribution is 2.24. The van der Waals surface area contributed by atoms with Gasteiger partial charge in [-0.25, -0.2) is 4.98 Å². The van der Waals surface area contributed by atoms with Gasteiger partial charge in [-0.3, -0.25) is 0 Å². The Morgan fingerprint density at radius 2 is 1.96 bits per heavy atom. The lowest BCUT2D eigenvalue weighted by Crippen LogP contribution is -2.26. The third-order valence-electron chi connectivity index (χ3n) is 4.93. The maximum atomic E-state index is 5.90. The Morgan fingerprint density at radius 1 is 1.12 bits per heavy atom. The summed E-state index contributed by atoms with van der Waals surface area (Å²) >= 11 is 0. The minimum absolute atomic E-state index is 0.776. The van der Waals surface area contributed by atoms with Gasteiger partial charge in [0.05, 0.1) is 12.3 Å². The van der Waals surface area contributed by atoms with E-state index in [-0.39, 0.29) is 0 Å². The van der Waals surface area contributed by atoms with Crippen LogP contribution < -0.4 is 4.74 Å². The lowest BCUT2D eigenvalue weighted by Gasteiger charge is -2.19. The van der Waals surface area contributed by atoms with E-state index in [0.29, 0.717) is 0 Å². The van der Waals surface area contributed by atoms with Crippen molar-refractivity contribution in [2.45, 2.75) is 52.5 Å². The minimum Gasteiger partial charge on any atom is -0.494 e. The average molecular weight is 341 g/mol. The quantitative estimate of drug-likeness (QED) is 0.634. The Morgan fingerprint density at radius 3 is 2.68 bits per heavy atom. The van der Waals surface area contributed by atoms with E-state index in [1.54, 1.807) is 0 Å². The zero-order chi connectivity index (χ0) is 17.5. The molecule has 3 rings (SSSR count). The normalized spacial score (nSPS) is 13.9. The van der Waals surface area contributed by atoms with Crippen LogP contribution >= 0.6 is 0 Å². The van der Waals surface area contributed by atoms with E-state index in [2.05, 4.69) is 53.8 Å². The van der Waals surface area contributed by atoms with Crippen LogP contribution in [-0.2, 0) is 13.0 Å². The number of aryl methyl sites for hydroxylation is 2.